The Morgan fingerprint density at radius 1 is 1.50 bits per heavy atom. The van der Waals surface area contributed by atoms with Gasteiger partial charge in [-0.15, -0.1) is 0 Å². The van der Waals surface area contributed by atoms with Gasteiger partial charge in [-0.2, -0.15) is 0 Å². The summed E-state index contributed by atoms with van der Waals surface area (Å²) in [5.41, 5.74) is -0.287. The van der Waals surface area contributed by atoms with Crippen LogP contribution in [0.15, 0.2) is 35.1 Å². The van der Waals surface area contributed by atoms with E-state index in [1.165, 1.54) is 7.11 Å². The Morgan fingerprint density at radius 2 is 2.12 bits per heavy atom. The molecule has 0 aromatic heterocycles. The van der Waals surface area contributed by atoms with E-state index in [2.05, 4.69) is 6.58 Å². The normalized spacial score (nSPS) is 10.8. The Morgan fingerprint density at radius 3 is 2.56 bits per heavy atom. The molecule has 0 aliphatic carbocycles. The summed E-state index contributed by atoms with van der Waals surface area (Å²) >= 11 is 0. The minimum atomic E-state index is -3.61. The number of methoxy groups -OCH3 is 1. The van der Waals surface area contributed by atoms with Gasteiger partial charge in [-0.1, -0.05) is 6.58 Å². The molecule has 0 unspecified atom stereocenters. The third-order valence-electron chi connectivity index (χ3n) is 1.90. The van der Waals surface area contributed by atoms with E-state index in [0.29, 0.717) is 0 Å². The molecule has 0 spiro atoms. The van der Waals surface area contributed by atoms with Crippen molar-refractivity contribution >= 4 is 15.5 Å². The van der Waals surface area contributed by atoms with Crippen LogP contribution in [0.4, 0.5) is 5.69 Å². The average Bonchev–Trinajstić information content (AvgIpc) is 2.27. The van der Waals surface area contributed by atoms with Gasteiger partial charge < -0.3 is 4.74 Å². The van der Waals surface area contributed by atoms with Crippen LogP contribution >= 0.6 is 0 Å². The van der Waals surface area contributed by atoms with Gasteiger partial charge in [-0.05, 0) is 6.07 Å². The quantitative estimate of drug-likeness (QED) is 0.591. The molecule has 0 radical (unpaired) electrons. The number of nitro groups is 1. The summed E-state index contributed by atoms with van der Waals surface area (Å²) in [6, 6.07) is 3.31. The van der Waals surface area contributed by atoms with E-state index in [1.807, 2.05) is 0 Å². The maximum Gasteiger partial charge on any atom is 0.310 e. The summed E-state index contributed by atoms with van der Waals surface area (Å²) in [5, 5.41) is 11.3. The molecular weight excluding hydrogens is 234 g/mol. The SMILES string of the molecule is C=CS(=O)(=O)c1ccc([N+](=O)[O-])c(OC)c1. The van der Waals surface area contributed by atoms with Crippen molar-refractivity contribution < 1.29 is 18.1 Å². The van der Waals surface area contributed by atoms with Crippen LogP contribution in [0, 0.1) is 10.1 Å². The second-order valence-corrected chi connectivity index (χ2v) is 4.70. The predicted molar refractivity (Wildman–Crippen MR) is 57.0 cm³/mol. The van der Waals surface area contributed by atoms with E-state index in [4.69, 9.17) is 4.74 Å². The van der Waals surface area contributed by atoms with Crippen LogP contribution in [0.5, 0.6) is 5.75 Å². The first-order chi connectivity index (χ1) is 7.42. The molecule has 0 saturated carbocycles. The topological polar surface area (TPSA) is 86.5 Å². The number of benzene rings is 1. The minimum absolute atomic E-state index is 0.0926. The highest BCUT2D eigenvalue weighted by Crippen LogP contribution is 2.29. The summed E-state index contributed by atoms with van der Waals surface area (Å²) in [4.78, 5) is 9.82. The summed E-state index contributed by atoms with van der Waals surface area (Å²) in [6.07, 6.45) is 0. The molecule has 6 nitrogen and oxygen atoms in total. The third kappa shape index (κ3) is 2.19. The molecule has 0 saturated heterocycles. The lowest BCUT2D eigenvalue weighted by Crippen LogP contribution is -1.99. The van der Waals surface area contributed by atoms with Gasteiger partial charge in [0.1, 0.15) is 0 Å². The smallest absolute Gasteiger partial charge is 0.310 e. The molecule has 1 aromatic carbocycles. The van der Waals surface area contributed by atoms with Crippen molar-refractivity contribution in [2.24, 2.45) is 0 Å². The monoisotopic (exact) mass is 243 g/mol. The molecule has 16 heavy (non-hydrogen) atoms. The van der Waals surface area contributed by atoms with Crippen LogP contribution in [-0.4, -0.2) is 20.5 Å². The van der Waals surface area contributed by atoms with Crippen molar-refractivity contribution in [3.8, 4) is 5.75 Å². The number of sulfone groups is 1. The molecule has 1 aromatic rings. The van der Waals surface area contributed by atoms with Gasteiger partial charge in [-0.25, -0.2) is 8.42 Å². The van der Waals surface area contributed by atoms with Crippen molar-refractivity contribution in [2.45, 2.75) is 4.90 Å². The summed E-state index contributed by atoms with van der Waals surface area (Å²) in [6.45, 7) is 3.16. The number of nitrogens with zero attached hydrogens (tertiary/aromatic N) is 1. The summed E-state index contributed by atoms with van der Waals surface area (Å²) in [7, 11) is -2.38. The van der Waals surface area contributed by atoms with E-state index in [0.717, 1.165) is 23.6 Å². The van der Waals surface area contributed by atoms with Crippen molar-refractivity contribution in [1.29, 1.82) is 0 Å². The Bertz CT molecular complexity index is 535. The standard InChI is InChI=1S/C9H9NO5S/c1-3-16(13,14)7-4-5-8(10(11)12)9(6-7)15-2/h3-6H,1H2,2H3. The first-order valence-electron chi connectivity index (χ1n) is 4.12. The van der Waals surface area contributed by atoms with Crippen LogP contribution in [0.3, 0.4) is 0 Å². The van der Waals surface area contributed by atoms with E-state index < -0.39 is 14.8 Å². The first-order valence-corrected chi connectivity index (χ1v) is 5.67. The highest BCUT2D eigenvalue weighted by molar-refractivity contribution is 7.94. The minimum Gasteiger partial charge on any atom is -0.490 e. The molecule has 0 aliphatic rings. The summed E-state index contributed by atoms with van der Waals surface area (Å²) < 4.78 is 27.6. The third-order valence-corrected chi connectivity index (χ3v) is 3.25. The Hall–Kier alpha value is -1.89. The largest absolute Gasteiger partial charge is 0.490 e. The van der Waals surface area contributed by atoms with Gasteiger partial charge in [0.05, 0.1) is 16.9 Å². The Kier molecular flexibility index (Phi) is 3.28. The lowest BCUT2D eigenvalue weighted by atomic mass is 10.3. The maximum absolute atomic E-state index is 11.4. The molecule has 7 heteroatoms. The van der Waals surface area contributed by atoms with Crippen molar-refractivity contribution in [1.82, 2.24) is 0 Å². The molecule has 0 heterocycles. The van der Waals surface area contributed by atoms with Gasteiger partial charge >= 0.3 is 5.69 Å². The van der Waals surface area contributed by atoms with Gasteiger partial charge in [0.25, 0.3) is 0 Å². The molecule has 0 amide bonds. The summed E-state index contributed by atoms with van der Waals surface area (Å²) in [5.74, 6) is -0.104. The number of ether oxygens (including phenoxy) is 1. The number of hydrogen-bond acceptors (Lipinski definition) is 5. The van der Waals surface area contributed by atoms with E-state index in [9.17, 15) is 18.5 Å². The Balaban J connectivity index is 3.41. The second kappa shape index (κ2) is 4.31. The van der Waals surface area contributed by atoms with Gasteiger partial charge in [0, 0.05) is 17.5 Å². The van der Waals surface area contributed by atoms with Crippen LogP contribution in [0.1, 0.15) is 0 Å². The molecule has 86 valence electrons. The Labute approximate surface area is 92.2 Å². The zero-order chi connectivity index (χ0) is 12.3. The van der Waals surface area contributed by atoms with Crippen molar-refractivity contribution in [2.75, 3.05) is 7.11 Å². The number of nitro benzene ring substituents is 1. The van der Waals surface area contributed by atoms with Crippen LogP contribution < -0.4 is 4.74 Å². The molecule has 0 atom stereocenters. The fourth-order valence-corrected chi connectivity index (χ4v) is 1.80. The number of rotatable bonds is 4. The maximum atomic E-state index is 11.4. The highest BCUT2D eigenvalue weighted by Gasteiger charge is 2.18. The van der Waals surface area contributed by atoms with Crippen LogP contribution in [-0.2, 0) is 9.84 Å². The van der Waals surface area contributed by atoms with Crippen LogP contribution in [0.25, 0.3) is 0 Å². The molecule has 0 N–H and O–H groups in total. The lowest BCUT2D eigenvalue weighted by molar-refractivity contribution is -0.385. The van der Waals surface area contributed by atoms with Gasteiger partial charge in [0.2, 0.25) is 0 Å². The highest BCUT2D eigenvalue weighted by atomic mass is 32.2. The van der Waals surface area contributed by atoms with E-state index in [1.54, 1.807) is 0 Å². The zero-order valence-corrected chi connectivity index (χ0v) is 9.23. The van der Waals surface area contributed by atoms with Crippen LogP contribution in [0.2, 0.25) is 0 Å². The lowest BCUT2D eigenvalue weighted by Gasteiger charge is -2.03. The molecule has 1 rings (SSSR count). The second-order valence-electron chi connectivity index (χ2n) is 2.80. The van der Waals surface area contributed by atoms with Crippen molar-refractivity contribution in [3.63, 3.8) is 0 Å². The zero-order valence-electron chi connectivity index (χ0n) is 8.41. The van der Waals surface area contributed by atoms with E-state index >= 15 is 0 Å². The average molecular weight is 243 g/mol. The molecule has 0 fully saturated rings. The molecule has 0 aliphatic heterocycles. The van der Waals surface area contributed by atoms with Crippen molar-refractivity contribution in [3.05, 3.63) is 40.3 Å². The number of hydrogen-bond donors (Lipinski definition) is 0. The predicted octanol–water partition coefficient (Wildman–Crippen LogP) is 1.52. The molecular formula is C9H9NO5S. The van der Waals surface area contributed by atoms with E-state index in [-0.39, 0.29) is 16.3 Å². The fourth-order valence-electron chi connectivity index (χ4n) is 1.08. The fraction of sp³-hybridized carbons (Fsp3) is 0.111. The molecule has 0 bridgehead atoms. The van der Waals surface area contributed by atoms with Gasteiger partial charge in [-0.3, -0.25) is 10.1 Å². The first kappa shape index (κ1) is 12.2. The van der Waals surface area contributed by atoms with Gasteiger partial charge in [0.15, 0.2) is 15.6 Å².